The van der Waals surface area contributed by atoms with Crippen LogP contribution in [0.25, 0.3) is 0 Å². The third kappa shape index (κ3) is 1.11. The molecule has 2 heteroatoms. The molecule has 2 rings (SSSR count). The van der Waals surface area contributed by atoms with Gasteiger partial charge >= 0.3 is 0 Å². The van der Waals surface area contributed by atoms with Crippen LogP contribution >= 0.6 is 0 Å². The minimum atomic E-state index is 0.238. The monoisotopic (exact) mass is 162 g/mol. The highest BCUT2D eigenvalue weighted by Gasteiger charge is 2.28. The van der Waals surface area contributed by atoms with E-state index < -0.39 is 0 Å². The average Bonchev–Trinajstić information content (AvgIpc) is 2.04. The molecular weight excluding hydrogens is 148 g/mol. The molecule has 0 bridgehead atoms. The quantitative estimate of drug-likeness (QED) is 0.583. The van der Waals surface area contributed by atoms with Crippen molar-refractivity contribution >= 4 is 0 Å². The lowest BCUT2D eigenvalue weighted by atomic mass is 9.78. The first-order valence-electron chi connectivity index (χ1n) is 4.50. The highest BCUT2D eigenvalue weighted by atomic mass is 14.8. The van der Waals surface area contributed by atoms with Gasteiger partial charge in [0, 0.05) is 17.8 Å². The van der Waals surface area contributed by atoms with E-state index in [2.05, 4.69) is 23.8 Å². The topological polar surface area (TPSA) is 25.8 Å². The maximum absolute atomic E-state index is 4.41. The molecule has 1 aliphatic carbocycles. The lowest BCUT2D eigenvalue weighted by Gasteiger charge is -2.29. The fourth-order valence-corrected chi connectivity index (χ4v) is 1.93. The maximum Gasteiger partial charge on any atom is 0.0674 e. The minimum Gasteiger partial charge on any atom is -0.258 e. The molecule has 1 heterocycles. The zero-order chi connectivity index (χ0) is 8.60. The van der Waals surface area contributed by atoms with Crippen molar-refractivity contribution in [3.63, 3.8) is 0 Å². The Balaban J connectivity index is 2.52. The van der Waals surface area contributed by atoms with Gasteiger partial charge in [0.1, 0.15) is 0 Å². The van der Waals surface area contributed by atoms with Crippen molar-refractivity contribution in [1.82, 2.24) is 9.97 Å². The van der Waals surface area contributed by atoms with Crippen LogP contribution < -0.4 is 0 Å². The van der Waals surface area contributed by atoms with Gasteiger partial charge in [-0.25, -0.2) is 0 Å². The number of fused-ring (bicyclic) bond motifs is 1. The molecule has 2 nitrogen and oxygen atoms in total. The van der Waals surface area contributed by atoms with Crippen LogP contribution in [0.1, 0.15) is 38.1 Å². The molecule has 1 aromatic rings. The molecule has 0 amide bonds. The number of nitrogens with zero attached hydrogens (tertiary/aromatic N) is 2. The number of hydrogen-bond donors (Lipinski definition) is 0. The third-order valence-electron chi connectivity index (χ3n) is 2.63. The molecule has 1 aliphatic rings. The summed E-state index contributed by atoms with van der Waals surface area (Å²) in [6.45, 7) is 4.50. The smallest absolute Gasteiger partial charge is 0.0674 e. The second-order valence-electron chi connectivity index (χ2n) is 4.09. The van der Waals surface area contributed by atoms with E-state index in [0.717, 1.165) is 6.42 Å². The summed E-state index contributed by atoms with van der Waals surface area (Å²) in [5, 5.41) is 0. The van der Waals surface area contributed by atoms with Crippen molar-refractivity contribution in [2.75, 3.05) is 0 Å². The van der Waals surface area contributed by atoms with Gasteiger partial charge in [0.05, 0.1) is 11.4 Å². The van der Waals surface area contributed by atoms with Crippen molar-refractivity contribution in [2.45, 2.75) is 38.5 Å². The van der Waals surface area contributed by atoms with Crippen LogP contribution in [0.15, 0.2) is 12.4 Å². The SMILES string of the molecule is CC1(C)CCCc2nccnc21. The first-order chi connectivity index (χ1) is 5.70. The second kappa shape index (κ2) is 2.54. The minimum absolute atomic E-state index is 0.238. The van der Waals surface area contributed by atoms with Gasteiger partial charge in [0.25, 0.3) is 0 Å². The summed E-state index contributed by atoms with van der Waals surface area (Å²) in [4.78, 5) is 8.76. The number of aryl methyl sites for hydroxylation is 1. The maximum atomic E-state index is 4.41. The molecule has 0 unspecified atom stereocenters. The van der Waals surface area contributed by atoms with Crippen LogP contribution in [0.2, 0.25) is 0 Å². The Morgan fingerprint density at radius 2 is 2.00 bits per heavy atom. The summed E-state index contributed by atoms with van der Waals surface area (Å²) >= 11 is 0. The van der Waals surface area contributed by atoms with Crippen molar-refractivity contribution in [3.05, 3.63) is 23.8 Å². The predicted molar refractivity (Wildman–Crippen MR) is 48.0 cm³/mol. The van der Waals surface area contributed by atoms with Crippen LogP contribution in [0, 0.1) is 0 Å². The zero-order valence-corrected chi connectivity index (χ0v) is 7.67. The fourth-order valence-electron chi connectivity index (χ4n) is 1.93. The first-order valence-corrected chi connectivity index (χ1v) is 4.50. The van der Waals surface area contributed by atoms with Gasteiger partial charge in [-0.15, -0.1) is 0 Å². The summed E-state index contributed by atoms with van der Waals surface area (Å²) in [7, 11) is 0. The highest BCUT2D eigenvalue weighted by Crippen LogP contribution is 2.33. The van der Waals surface area contributed by atoms with Gasteiger partial charge in [0.2, 0.25) is 0 Å². The van der Waals surface area contributed by atoms with Crippen LogP contribution in [-0.4, -0.2) is 9.97 Å². The molecule has 0 N–H and O–H groups in total. The first kappa shape index (κ1) is 7.71. The molecule has 0 spiro atoms. The lowest BCUT2D eigenvalue weighted by molar-refractivity contribution is 0.412. The van der Waals surface area contributed by atoms with E-state index >= 15 is 0 Å². The van der Waals surface area contributed by atoms with Gasteiger partial charge in [-0.05, 0) is 19.3 Å². The van der Waals surface area contributed by atoms with Gasteiger partial charge in [0.15, 0.2) is 0 Å². The molecule has 0 fully saturated rings. The van der Waals surface area contributed by atoms with Crippen molar-refractivity contribution in [3.8, 4) is 0 Å². The predicted octanol–water partition coefficient (Wildman–Crippen LogP) is 2.09. The zero-order valence-electron chi connectivity index (χ0n) is 7.67. The molecular formula is C10H14N2. The van der Waals surface area contributed by atoms with E-state index in [4.69, 9.17) is 0 Å². The Morgan fingerprint density at radius 1 is 1.25 bits per heavy atom. The Bertz CT molecular complexity index is 292. The lowest BCUT2D eigenvalue weighted by Crippen LogP contribution is -2.26. The van der Waals surface area contributed by atoms with E-state index in [1.54, 1.807) is 12.4 Å². The normalized spacial score (nSPS) is 20.2. The molecule has 1 aromatic heterocycles. The van der Waals surface area contributed by atoms with Gasteiger partial charge in [-0.3, -0.25) is 9.97 Å². The van der Waals surface area contributed by atoms with Gasteiger partial charge in [-0.1, -0.05) is 13.8 Å². The summed E-state index contributed by atoms with van der Waals surface area (Å²) in [6.07, 6.45) is 7.18. The molecule has 0 aromatic carbocycles. The van der Waals surface area contributed by atoms with E-state index in [9.17, 15) is 0 Å². The largest absolute Gasteiger partial charge is 0.258 e. The Morgan fingerprint density at radius 3 is 2.75 bits per heavy atom. The molecule has 0 aliphatic heterocycles. The van der Waals surface area contributed by atoms with Gasteiger partial charge < -0.3 is 0 Å². The van der Waals surface area contributed by atoms with E-state index in [1.807, 2.05) is 0 Å². The van der Waals surface area contributed by atoms with Crippen LogP contribution in [0.3, 0.4) is 0 Å². The molecule has 0 radical (unpaired) electrons. The Hall–Kier alpha value is -0.920. The van der Waals surface area contributed by atoms with Crippen molar-refractivity contribution in [2.24, 2.45) is 0 Å². The summed E-state index contributed by atoms with van der Waals surface area (Å²) in [5.74, 6) is 0. The second-order valence-corrected chi connectivity index (χ2v) is 4.09. The third-order valence-corrected chi connectivity index (χ3v) is 2.63. The fraction of sp³-hybridized carbons (Fsp3) is 0.600. The summed E-state index contributed by atoms with van der Waals surface area (Å²) in [6, 6.07) is 0. The molecule has 0 saturated carbocycles. The molecule has 0 saturated heterocycles. The van der Waals surface area contributed by atoms with Crippen LogP contribution in [0.4, 0.5) is 0 Å². The van der Waals surface area contributed by atoms with E-state index in [-0.39, 0.29) is 5.41 Å². The van der Waals surface area contributed by atoms with Gasteiger partial charge in [-0.2, -0.15) is 0 Å². The molecule has 64 valence electrons. The van der Waals surface area contributed by atoms with Crippen LogP contribution in [0.5, 0.6) is 0 Å². The van der Waals surface area contributed by atoms with E-state index in [0.29, 0.717) is 0 Å². The number of aromatic nitrogens is 2. The summed E-state index contributed by atoms with van der Waals surface area (Å²) in [5.41, 5.74) is 2.65. The highest BCUT2D eigenvalue weighted by molar-refractivity contribution is 5.22. The number of rotatable bonds is 0. The number of hydrogen-bond acceptors (Lipinski definition) is 2. The molecule has 12 heavy (non-hydrogen) atoms. The average molecular weight is 162 g/mol. The standard InChI is InChI=1S/C10H14N2/c1-10(2)5-3-4-8-9(10)12-7-6-11-8/h6-7H,3-5H2,1-2H3. The summed E-state index contributed by atoms with van der Waals surface area (Å²) < 4.78 is 0. The van der Waals surface area contributed by atoms with E-state index in [1.165, 1.54) is 24.2 Å². The van der Waals surface area contributed by atoms with Crippen molar-refractivity contribution < 1.29 is 0 Å². The van der Waals surface area contributed by atoms with Crippen molar-refractivity contribution in [1.29, 1.82) is 0 Å². The molecule has 0 atom stereocenters. The Labute approximate surface area is 73.1 Å². The van der Waals surface area contributed by atoms with Crippen LogP contribution in [-0.2, 0) is 11.8 Å². The Kier molecular flexibility index (Phi) is 1.63.